The third-order valence-corrected chi connectivity index (χ3v) is 2.87. The summed E-state index contributed by atoms with van der Waals surface area (Å²) in [5.41, 5.74) is 1.30. The lowest BCUT2D eigenvalue weighted by molar-refractivity contribution is 0.112. The smallest absolute Gasteiger partial charge is 0.173 e. The van der Waals surface area contributed by atoms with Gasteiger partial charge in [0.1, 0.15) is 5.75 Å². The molecule has 0 unspecified atom stereocenters. The number of carbonyl (C=O) groups excluding carboxylic acids is 1. The number of hydrogen-bond donors (Lipinski definition) is 0. The maximum atomic E-state index is 13.7. The van der Waals surface area contributed by atoms with Gasteiger partial charge in [-0.2, -0.15) is 0 Å². The van der Waals surface area contributed by atoms with Crippen LogP contribution in [0.1, 0.15) is 35.7 Å². The molecular formula is C16H15FO2. The van der Waals surface area contributed by atoms with Crippen LogP contribution in [0.15, 0.2) is 42.5 Å². The molecule has 3 heteroatoms. The summed E-state index contributed by atoms with van der Waals surface area (Å²) >= 11 is 0. The van der Waals surface area contributed by atoms with Gasteiger partial charge in [-0.1, -0.05) is 32.0 Å². The van der Waals surface area contributed by atoms with E-state index in [0.717, 1.165) is 5.56 Å². The Morgan fingerprint density at radius 3 is 2.58 bits per heavy atom. The molecule has 0 aliphatic heterocycles. The van der Waals surface area contributed by atoms with Gasteiger partial charge >= 0.3 is 0 Å². The second-order valence-electron chi connectivity index (χ2n) is 4.61. The van der Waals surface area contributed by atoms with Crippen LogP contribution in [0.25, 0.3) is 0 Å². The molecule has 0 fully saturated rings. The number of hydrogen-bond acceptors (Lipinski definition) is 2. The summed E-state index contributed by atoms with van der Waals surface area (Å²) in [6, 6.07) is 11.7. The fourth-order valence-electron chi connectivity index (χ4n) is 1.78. The Morgan fingerprint density at radius 1 is 1.16 bits per heavy atom. The predicted octanol–water partition coefficient (Wildman–Crippen LogP) is 4.55. The lowest BCUT2D eigenvalue weighted by Gasteiger charge is -2.11. The minimum atomic E-state index is -0.542. The van der Waals surface area contributed by atoms with E-state index in [-0.39, 0.29) is 11.3 Å². The molecule has 2 aromatic rings. The van der Waals surface area contributed by atoms with E-state index in [0.29, 0.717) is 18.0 Å². The van der Waals surface area contributed by atoms with Crippen LogP contribution in [-0.4, -0.2) is 6.29 Å². The van der Waals surface area contributed by atoms with Crippen molar-refractivity contribution in [2.45, 2.75) is 19.8 Å². The number of aldehydes is 1. The van der Waals surface area contributed by atoms with Crippen molar-refractivity contribution in [2.24, 2.45) is 0 Å². The molecule has 19 heavy (non-hydrogen) atoms. The highest BCUT2D eigenvalue weighted by atomic mass is 19.1. The summed E-state index contributed by atoms with van der Waals surface area (Å²) in [4.78, 5) is 10.9. The van der Waals surface area contributed by atoms with Crippen molar-refractivity contribution in [1.82, 2.24) is 0 Å². The van der Waals surface area contributed by atoms with Crippen molar-refractivity contribution in [3.8, 4) is 11.5 Å². The van der Waals surface area contributed by atoms with Crippen molar-refractivity contribution in [3.05, 3.63) is 59.4 Å². The monoisotopic (exact) mass is 258 g/mol. The zero-order chi connectivity index (χ0) is 13.8. The highest BCUT2D eigenvalue weighted by Gasteiger charge is 2.11. The second-order valence-corrected chi connectivity index (χ2v) is 4.61. The molecule has 0 spiro atoms. The van der Waals surface area contributed by atoms with E-state index in [1.54, 1.807) is 6.07 Å². The van der Waals surface area contributed by atoms with E-state index in [4.69, 9.17) is 4.74 Å². The maximum absolute atomic E-state index is 13.7. The van der Waals surface area contributed by atoms with Gasteiger partial charge in [0, 0.05) is 0 Å². The van der Waals surface area contributed by atoms with Gasteiger partial charge in [0.05, 0.1) is 5.56 Å². The summed E-state index contributed by atoms with van der Waals surface area (Å²) in [6.07, 6.45) is 0.588. The van der Waals surface area contributed by atoms with E-state index < -0.39 is 5.82 Å². The topological polar surface area (TPSA) is 26.3 Å². The number of halogens is 1. The predicted molar refractivity (Wildman–Crippen MR) is 72.4 cm³/mol. The quantitative estimate of drug-likeness (QED) is 0.752. The van der Waals surface area contributed by atoms with Crippen LogP contribution in [0.3, 0.4) is 0 Å². The molecule has 0 radical (unpaired) electrons. The summed E-state index contributed by atoms with van der Waals surface area (Å²) < 4.78 is 19.2. The summed E-state index contributed by atoms with van der Waals surface area (Å²) in [7, 11) is 0. The van der Waals surface area contributed by atoms with E-state index in [1.165, 1.54) is 18.2 Å². The van der Waals surface area contributed by atoms with E-state index in [9.17, 15) is 9.18 Å². The van der Waals surface area contributed by atoms with Gasteiger partial charge in [0.25, 0.3) is 0 Å². The molecule has 0 heterocycles. The van der Waals surface area contributed by atoms with Gasteiger partial charge in [0.2, 0.25) is 0 Å². The fraction of sp³-hybridized carbons (Fsp3) is 0.188. The summed E-state index contributed by atoms with van der Waals surface area (Å²) in [6.45, 7) is 4.14. The first kappa shape index (κ1) is 13.3. The van der Waals surface area contributed by atoms with Crippen molar-refractivity contribution < 1.29 is 13.9 Å². The van der Waals surface area contributed by atoms with Crippen LogP contribution in [0.2, 0.25) is 0 Å². The molecule has 0 aliphatic carbocycles. The first-order chi connectivity index (χ1) is 9.11. The van der Waals surface area contributed by atoms with Crippen LogP contribution < -0.4 is 4.74 Å². The molecule has 0 amide bonds. The van der Waals surface area contributed by atoms with Gasteiger partial charge in [-0.15, -0.1) is 0 Å². The van der Waals surface area contributed by atoms with Crippen LogP contribution in [0.4, 0.5) is 4.39 Å². The minimum absolute atomic E-state index is 0.0293. The summed E-state index contributed by atoms with van der Waals surface area (Å²) in [5, 5.41) is 0. The Labute approximate surface area is 111 Å². The van der Waals surface area contributed by atoms with Crippen molar-refractivity contribution in [2.75, 3.05) is 0 Å². The molecule has 2 nitrogen and oxygen atoms in total. The Morgan fingerprint density at radius 2 is 1.89 bits per heavy atom. The van der Waals surface area contributed by atoms with Gasteiger partial charge in [0.15, 0.2) is 17.9 Å². The molecule has 0 atom stereocenters. The molecule has 0 N–H and O–H groups in total. The Bertz CT molecular complexity index is 591. The third kappa shape index (κ3) is 2.99. The van der Waals surface area contributed by atoms with Crippen molar-refractivity contribution >= 4 is 6.29 Å². The molecule has 98 valence electrons. The first-order valence-corrected chi connectivity index (χ1v) is 6.13. The molecule has 0 saturated carbocycles. The fourth-order valence-corrected chi connectivity index (χ4v) is 1.78. The highest BCUT2D eigenvalue weighted by molar-refractivity contribution is 5.79. The Balaban J connectivity index is 2.36. The van der Waals surface area contributed by atoms with Gasteiger partial charge in [-0.25, -0.2) is 4.39 Å². The number of para-hydroxylation sites is 1. The molecular weight excluding hydrogens is 243 g/mol. The summed E-state index contributed by atoms with van der Waals surface area (Å²) in [5.74, 6) is 0.312. The molecule has 0 bridgehead atoms. The lowest BCUT2D eigenvalue weighted by Crippen LogP contribution is -1.95. The molecule has 0 aromatic heterocycles. The number of rotatable bonds is 4. The van der Waals surface area contributed by atoms with Crippen LogP contribution in [-0.2, 0) is 0 Å². The van der Waals surface area contributed by atoms with Gasteiger partial charge in [-0.05, 0) is 35.7 Å². The van der Waals surface area contributed by atoms with E-state index >= 15 is 0 Å². The van der Waals surface area contributed by atoms with Crippen molar-refractivity contribution in [3.63, 3.8) is 0 Å². The number of ether oxygens (including phenoxy) is 1. The van der Waals surface area contributed by atoms with Gasteiger partial charge in [-0.3, -0.25) is 4.79 Å². The third-order valence-electron chi connectivity index (χ3n) is 2.87. The van der Waals surface area contributed by atoms with Crippen molar-refractivity contribution in [1.29, 1.82) is 0 Å². The zero-order valence-corrected chi connectivity index (χ0v) is 10.9. The normalized spacial score (nSPS) is 10.5. The molecule has 0 saturated heterocycles. The standard InChI is InChI=1S/C16H15FO2/c1-11(2)12-5-3-7-14(9-12)19-16-13(10-18)6-4-8-15(16)17/h3-11H,1-2H3. The SMILES string of the molecule is CC(C)c1cccc(Oc2c(F)cccc2C=O)c1. The zero-order valence-electron chi connectivity index (χ0n) is 10.9. The Kier molecular flexibility index (Phi) is 3.95. The average molecular weight is 258 g/mol. The van der Waals surface area contributed by atoms with Crippen LogP contribution in [0, 0.1) is 5.82 Å². The molecule has 2 aromatic carbocycles. The average Bonchev–Trinajstić information content (AvgIpc) is 2.41. The number of carbonyl (C=O) groups is 1. The Hall–Kier alpha value is -2.16. The van der Waals surface area contributed by atoms with E-state index in [2.05, 4.69) is 13.8 Å². The maximum Gasteiger partial charge on any atom is 0.173 e. The van der Waals surface area contributed by atoms with Crippen LogP contribution in [0.5, 0.6) is 11.5 Å². The first-order valence-electron chi connectivity index (χ1n) is 6.13. The highest BCUT2D eigenvalue weighted by Crippen LogP contribution is 2.29. The second kappa shape index (κ2) is 5.65. The molecule has 2 rings (SSSR count). The van der Waals surface area contributed by atoms with E-state index in [1.807, 2.05) is 18.2 Å². The largest absolute Gasteiger partial charge is 0.454 e. The number of benzene rings is 2. The van der Waals surface area contributed by atoms with Gasteiger partial charge < -0.3 is 4.74 Å². The lowest BCUT2D eigenvalue weighted by atomic mass is 10.0. The van der Waals surface area contributed by atoms with Crippen LogP contribution >= 0.6 is 0 Å². The molecule has 0 aliphatic rings. The minimum Gasteiger partial charge on any atom is -0.454 e.